The molecule has 0 saturated heterocycles. The summed E-state index contributed by atoms with van der Waals surface area (Å²) in [5.74, 6) is 1.32. The third-order valence-electron chi connectivity index (χ3n) is 4.98. The Hall–Kier alpha value is -3.34. The Labute approximate surface area is 187 Å². The van der Waals surface area contributed by atoms with Gasteiger partial charge in [-0.3, -0.25) is 10.1 Å². The van der Waals surface area contributed by atoms with E-state index in [9.17, 15) is 14.4 Å². The lowest BCUT2D eigenvalue weighted by Gasteiger charge is -2.10. The minimum absolute atomic E-state index is 0.208. The standard InChI is InChI=1S/C21H23N5O5S/c1-2-30-21(29)23-14-5-6-15-13(9-18(28)31-16(15)10-14)11-32-20-25-24-19(12-3-4-12)26(20)8-7-17(22)27/h5-6,9-10,12H,2-4,7-8,11H2,1H3,(H2,22,27)(H,23,29). The molecular formula is C21H23N5O5S. The van der Waals surface area contributed by atoms with Crippen LogP contribution < -0.4 is 16.7 Å². The van der Waals surface area contributed by atoms with Crippen LogP contribution in [0.25, 0.3) is 11.0 Å². The summed E-state index contributed by atoms with van der Waals surface area (Å²) >= 11 is 1.43. The molecular weight excluding hydrogens is 434 g/mol. The summed E-state index contributed by atoms with van der Waals surface area (Å²) in [6, 6.07) is 6.53. The number of carbonyl (C=O) groups is 2. The van der Waals surface area contributed by atoms with E-state index < -0.39 is 11.7 Å². The van der Waals surface area contributed by atoms with Crippen molar-refractivity contribution in [3.05, 3.63) is 46.1 Å². The lowest BCUT2D eigenvalue weighted by atomic mass is 10.1. The number of aromatic nitrogens is 3. The van der Waals surface area contributed by atoms with Crippen molar-refractivity contribution in [3.63, 3.8) is 0 Å². The Morgan fingerprint density at radius 2 is 2.12 bits per heavy atom. The van der Waals surface area contributed by atoms with Crippen LogP contribution in [-0.2, 0) is 21.8 Å². The molecule has 3 N–H and O–H groups in total. The number of fused-ring (bicyclic) bond motifs is 1. The largest absolute Gasteiger partial charge is 0.450 e. The van der Waals surface area contributed by atoms with Crippen molar-refractivity contribution in [2.45, 2.75) is 49.6 Å². The van der Waals surface area contributed by atoms with Crippen LogP contribution in [0.1, 0.15) is 43.5 Å². The van der Waals surface area contributed by atoms with Crippen LogP contribution in [0.3, 0.4) is 0 Å². The van der Waals surface area contributed by atoms with Crippen LogP contribution in [0.4, 0.5) is 10.5 Å². The second-order valence-electron chi connectivity index (χ2n) is 7.42. The molecule has 168 valence electrons. The van der Waals surface area contributed by atoms with Crippen molar-refractivity contribution in [1.29, 1.82) is 0 Å². The molecule has 3 aromatic rings. The molecule has 1 saturated carbocycles. The molecule has 1 aliphatic rings. The highest BCUT2D eigenvalue weighted by Gasteiger charge is 2.30. The van der Waals surface area contributed by atoms with Gasteiger partial charge in [-0.15, -0.1) is 10.2 Å². The summed E-state index contributed by atoms with van der Waals surface area (Å²) in [6.45, 7) is 2.39. The van der Waals surface area contributed by atoms with Crippen molar-refractivity contribution < 1.29 is 18.7 Å². The number of hydrogen-bond donors (Lipinski definition) is 2. The second-order valence-corrected chi connectivity index (χ2v) is 8.36. The Kier molecular flexibility index (Phi) is 6.45. The molecule has 0 aliphatic heterocycles. The van der Waals surface area contributed by atoms with Crippen molar-refractivity contribution in [3.8, 4) is 0 Å². The third-order valence-corrected chi connectivity index (χ3v) is 5.99. The van der Waals surface area contributed by atoms with Gasteiger partial charge in [0.25, 0.3) is 0 Å². The Bertz CT molecular complexity index is 1220. The summed E-state index contributed by atoms with van der Waals surface area (Å²) in [4.78, 5) is 35.1. The monoisotopic (exact) mass is 457 g/mol. The molecule has 10 nitrogen and oxygen atoms in total. The van der Waals surface area contributed by atoms with Crippen molar-refractivity contribution in [2.24, 2.45) is 5.73 Å². The third kappa shape index (κ3) is 5.10. The number of nitrogens with one attached hydrogen (secondary N) is 1. The maximum atomic E-state index is 12.1. The first kappa shape index (κ1) is 21.9. The molecule has 32 heavy (non-hydrogen) atoms. The normalized spacial score (nSPS) is 13.3. The molecule has 1 aliphatic carbocycles. The fourth-order valence-corrected chi connectivity index (χ4v) is 4.30. The predicted octanol–water partition coefficient (Wildman–Crippen LogP) is 3.00. The summed E-state index contributed by atoms with van der Waals surface area (Å²) in [6.07, 6.45) is 1.75. The number of anilines is 1. The molecule has 0 bridgehead atoms. The molecule has 0 radical (unpaired) electrons. The number of nitrogens with two attached hydrogens (primary N) is 1. The number of hydrogen-bond acceptors (Lipinski definition) is 8. The number of amides is 2. The number of thioether (sulfide) groups is 1. The highest BCUT2D eigenvalue weighted by molar-refractivity contribution is 7.98. The van der Waals surface area contributed by atoms with E-state index in [1.165, 1.54) is 17.8 Å². The van der Waals surface area contributed by atoms with E-state index in [1.807, 2.05) is 4.57 Å². The molecule has 11 heteroatoms. The van der Waals surface area contributed by atoms with Crippen molar-refractivity contribution >= 4 is 40.4 Å². The average Bonchev–Trinajstić information content (AvgIpc) is 3.50. The SMILES string of the molecule is CCOC(=O)Nc1ccc2c(CSc3nnc(C4CC4)n3CCC(N)=O)cc(=O)oc2c1. The van der Waals surface area contributed by atoms with E-state index in [0.717, 1.165) is 29.6 Å². The van der Waals surface area contributed by atoms with Gasteiger partial charge >= 0.3 is 11.7 Å². The van der Waals surface area contributed by atoms with Gasteiger partial charge in [-0.2, -0.15) is 0 Å². The highest BCUT2D eigenvalue weighted by atomic mass is 32.2. The molecule has 0 unspecified atom stereocenters. The van der Waals surface area contributed by atoms with E-state index in [-0.39, 0.29) is 18.9 Å². The number of rotatable bonds is 9. The molecule has 1 aromatic carbocycles. The van der Waals surface area contributed by atoms with Gasteiger partial charge in [-0.25, -0.2) is 9.59 Å². The number of ether oxygens (including phenoxy) is 1. The topological polar surface area (TPSA) is 142 Å². The zero-order valence-corrected chi connectivity index (χ0v) is 18.3. The van der Waals surface area contributed by atoms with Crippen LogP contribution >= 0.6 is 11.8 Å². The molecule has 0 spiro atoms. The first-order chi connectivity index (χ1) is 15.4. The lowest BCUT2D eigenvalue weighted by molar-refractivity contribution is -0.118. The van der Waals surface area contributed by atoms with Crippen LogP contribution in [-0.4, -0.2) is 33.4 Å². The van der Waals surface area contributed by atoms with Gasteiger partial charge < -0.3 is 19.5 Å². The average molecular weight is 458 g/mol. The number of benzene rings is 1. The van der Waals surface area contributed by atoms with E-state index in [1.54, 1.807) is 25.1 Å². The Morgan fingerprint density at radius 3 is 2.84 bits per heavy atom. The van der Waals surface area contributed by atoms with E-state index in [4.69, 9.17) is 14.9 Å². The number of nitrogens with zero attached hydrogens (tertiary/aromatic N) is 3. The quantitative estimate of drug-likeness (QED) is 0.369. The van der Waals surface area contributed by atoms with Crippen LogP contribution in [0, 0.1) is 0 Å². The minimum Gasteiger partial charge on any atom is -0.450 e. The first-order valence-corrected chi connectivity index (χ1v) is 11.3. The molecule has 2 aromatic heterocycles. The maximum Gasteiger partial charge on any atom is 0.411 e. The number of carbonyl (C=O) groups excluding carboxylic acids is 2. The first-order valence-electron chi connectivity index (χ1n) is 10.3. The highest BCUT2D eigenvalue weighted by Crippen LogP contribution is 2.40. The zero-order valence-electron chi connectivity index (χ0n) is 17.5. The molecule has 4 rings (SSSR count). The molecule has 0 atom stereocenters. The van der Waals surface area contributed by atoms with Crippen LogP contribution in [0.2, 0.25) is 0 Å². The minimum atomic E-state index is -0.581. The van der Waals surface area contributed by atoms with E-state index in [2.05, 4.69) is 15.5 Å². The zero-order chi connectivity index (χ0) is 22.7. The Morgan fingerprint density at radius 1 is 1.31 bits per heavy atom. The van der Waals surface area contributed by atoms with Crippen LogP contribution in [0.15, 0.2) is 38.6 Å². The van der Waals surface area contributed by atoms with Gasteiger partial charge in [0.2, 0.25) is 5.91 Å². The second kappa shape index (κ2) is 9.43. The van der Waals surface area contributed by atoms with Crippen LogP contribution in [0.5, 0.6) is 0 Å². The van der Waals surface area contributed by atoms with Gasteiger partial charge in [-0.1, -0.05) is 11.8 Å². The van der Waals surface area contributed by atoms with Crippen molar-refractivity contribution in [1.82, 2.24) is 14.8 Å². The van der Waals surface area contributed by atoms with Crippen molar-refractivity contribution in [2.75, 3.05) is 11.9 Å². The van der Waals surface area contributed by atoms with E-state index in [0.29, 0.717) is 34.6 Å². The molecule has 2 heterocycles. The maximum absolute atomic E-state index is 12.1. The molecule has 1 fully saturated rings. The summed E-state index contributed by atoms with van der Waals surface area (Å²) in [5, 5.41) is 12.6. The lowest BCUT2D eigenvalue weighted by Crippen LogP contribution is -2.15. The summed E-state index contributed by atoms with van der Waals surface area (Å²) in [5.41, 5.74) is 6.42. The fraction of sp³-hybridized carbons (Fsp3) is 0.381. The van der Waals surface area contributed by atoms with Gasteiger partial charge in [0.1, 0.15) is 11.4 Å². The van der Waals surface area contributed by atoms with Gasteiger partial charge in [0.15, 0.2) is 5.16 Å². The van der Waals surface area contributed by atoms with E-state index >= 15 is 0 Å². The smallest absolute Gasteiger partial charge is 0.411 e. The Balaban J connectivity index is 1.56. The van der Waals surface area contributed by atoms with Gasteiger partial charge in [0.05, 0.1) is 6.61 Å². The van der Waals surface area contributed by atoms with Gasteiger partial charge in [-0.05, 0) is 37.5 Å². The predicted molar refractivity (Wildman–Crippen MR) is 118 cm³/mol. The summed E-state index contributed by atoms with van der Waals surface area (Å²) < 4.78 is 12.1. The fourth-order valence-electron chi connectivity index (χ4n) is 3.34. The molecule has 2 amide bonds. The van der Waals surface area contributed by atoms with Gasteiger partial charge in [0, 0.05) is 47.8 Å². The number of primary amides is 1. The summed E-state index contributed by atoms with van der Waals surface area (Å²) in [7, 11) is 0.